The minimum Gasteiger partial charge on any atom is -0.440 e. The van der Waals surface area contributed by atoms with Crippen molar-refractivity contribution in [3.63, 3.8) is 0 Å². The van der Waals surface area contributed by atoms with E-state index in [1.807, 2.05) is 13.8 Å². The Morgan fingerprint density at radius 3 is 2.44 bits per heavy atom. The molecule has 1 atom stereocenters. The Kier molecular flexibility index (Phi) is 4.49. The van der Waals surface area contributed by atoms with Gasteiger partial charge in [0.1, 0.15) is 11.7 Å². The predicted molar refractivity (Wildman–Crippen MR) is 102 cm³/mol. The molecule has 7 heteroatoms. The van der Waals surface area contributed by atoms with Crippen LogP contribution in [0.4, 0.5) is 0 Å². The zero-order valence-corrected chi connectivity index (χ0v) is 16.2. The minimum absolute atomic E-state index is 0.0104. The van der Waals surface area contributed by atoms with Crippen molar-refractivity contribution in [2.45, 2.75) is 52.5 Å². The van der Waals surface area contributed by atoms with Crippen molar-refractivity contribution >= 4 is 5.91 Å². The maximum absolute atomic E-state index is 13.3. The van der Waals surface area contributed by atoms with Crippen LogP contribution in [0.1, 0.15) is 58.1 Å². The van der Waals surface area contributed by atoms with Crippen LogP contribution in [0.5, 0.6) is 11.6 Å². The van der Waals surface area contributed by atoms with Crippen LogP contribution in [0.25, 0.3) is 0 Å². The highest BCUT2D eigenvalue weighted by Gasteiger charge is 2.38. The largest absolute Gasteiger partial charge is 0.440 e. The highest BCUT2D eigenvalue weighted by molar-refractivity contribution is 5.89. The summed E-state index contributed by atoms with van der Waals surface area (Å²) in [5, 5.41) is 3.07. The molecule has 0 spiro atoms. The normalized spacial score (nSPS) is 16.1. The Balaban J connectivity index is 2.06. The van der Waals surface area contributed by atoms with Gasteiger partial charge in [-0.1, -0.05) is 39.0 Å². The van der Waals surface area contributed by atoms with Gasteiger partial charge in [-0.2, -0.15) is 0 Å². The SMILES string of the molecule is CC(C)(C)CC(C)(C)NC(=O)C1c2ccccc2Oc2[nH]c(=O)[nH]c(=O)c21. The van der Waals surface area contributed by atoms with Crippen molar-refractivity contribution in [1.82, 2.24) is 15.3 Å². The molecule has 1 aromatic heterocycles. The molecule has 144 valence electrons. The summed E-state index contributed by atoms with van der Waals surface area (Å²) >= 11 is 0. The Hall–Kier alpha value is -2.83. The van der Waals surface area contributed by atoms with Crippen LogP contribution in [0.3, 0.4) is 0 Å². The summed E-state index contributed by atoms with van der Waals surface area (Å²) in [6, 6.07) is 7.02. The fourth-order valence-electron chi connectivity index (χ4n) is 3.94. The van der Waals surface area contributed by atoms with Crippen molar-refractivity contribution in [2.24, 2.45) is 5.41 Å². The number of aromatic amines is 2. The molecule has 3 rings (SSSR count). The Morgan fingerprint density at radius 1 is 1.11 bits per heavy atom. The maximum Gasteiger partial charge on any atom is 0.328 e. The number of carbonyl (C=O) groups is 1. The fourth-order valence-corrected chi connectivity index (χ4v) is 3.94. The summed E-state index contributed by atoms with van der Waals surface area (Å²) in [5.41, 5.74) is -1.06. The topological polar surface area (TPSA) is 104 Å². The molecule has 7 nitrogen and oxygen atoms in total. The van der Waals surface area contributed by atoms with Crippen molar-refractivity contribution in [1.29, 1.82) is 0 Å². The van der Waals surface area contributed by atoms with Crippen molar-refractivity contribution in [3.8, 4) is 11.6 Å². The summed E-state index contributed by atoms with van der Waals surface area (Å²) in [6.07, 6.45) is 0.755. The van der Waals surface area contributed by atoms with Gasteiger partial charge in [0, 0.05) is 11.1 Å². The number of benzene rings is 1. The lowest BCUT2D eigenvalue weighted by molar-refractivity contribution is -0.123. The van der Waals surface area contributed by atoms with Crippen LogP contribution in [-0.4, -0.2) is 21.4 Å². The highest BCUT2D eigenvalue weighted by atomic mass is 16.5. The molecule has 3 N–H and O–H groups in total. The van der Waals surface area contributed by atoms with Gasteiger partial charge in [-0.05, 0) is 31.7 Å². The van der Waals surface area contributed by atoms with Crippen LogP contribution in [0, 0.1) is 5.41 Å². The lowest BCUT2D eigenvalue weighted by Crippen LogP contribution is -2.49. The van der Waals surface area contributed by atoms with Gasteiger partial charge in [-0.3, -0.25) is 19.6 Å². The molecule has 2 aromatic rings. The number of carbonyl (C=O) groups excluding carboxylic acids is 1. The van der Waals surface area contributed by atoms with Gasteiger partial charge in [-0.25, -0.2) is 4.79 Å². The first-order valence-electron chi connectivity index (χ1n) is 8.92. The summed E-state index contributed by atoms with van der Waals surface area (Å²) in [6.45, 7) is 10.2. The van der Waals surface area contributed by atoms with Crippen LogP contribution in [0.15, 0.2) is 33.9 Å². The molecule has 1 unspecified atom stereocenters. The van der Waals surface area contributed by atoms with Crippen LogP contribution >= 0.6 is 0 Å². The van der Waals surface area contributed by atoms with E-state index in [0.717, 1.165) is 6.42 Å². The van der Waals surface area contributed by atoms with Gasteiger partial charge in [0.15, 0.2) is 0 Å². The third kappa shape index (κ3) is 3.97. The van der Waals surface area contributed by atoms with Crippen molar-refractivity contribution in [3.05, 3.63) is 56.2 Å². The molecule has 27 heavy (non-hydrogen) atoms. The Labute approximate surface area is 157 Å². The van der Waals surface area contributed by atoms with Crippen LogP contribution in [-0.2, 0) is 4.79 Å². The van der Waals surface area contributed by atoms with E-state index < -0.39 is 22.7 Å². The lowest BCUT2D eigenvalue weighted by atomic mass is 9.81. The van der Waals surface area contributed by atoms with Crippen molar-refractivity contribution in [2.75, 3.05) is 0 Å². The molecule has 0 radical (unpaired) electrons. The standard InChI is InChI=1S/C20H25N3O4/c1-19(2,3)10-20(4,5)23-16(25)13-11-8-6-7-9-12(11)27-17-14(13)15(24)21-18(26)22-17/h6-9,13H,10H2,1-5H3,(H,23,25)(H2,21,22,24,26). The van der Waals surface area contributed by atoms with E-state index in [0.29, 0.717) is 11.3 Å². The Morgan fingerprint density at radius 2 is 1.78 bits per heavy atom. The second-order valence-corrected chi connectivity index (χ2v) is 8.83. The zero-order valence-electron chi connectivity index (χ0n) is 16.2. The molecule has 1 aliphatic rings. The number of rotatable bonds is 3. The molecule has 1 aliphatic heterocycles. The first-order chi connectivity index (χ1) is 12.5. The van der Waals surface area contributed by atoms with Gasteiger partial charge in [0.25, 0.3) is 5.56 Å². The van der Waals surface area contributed by atoms with E-state index >= 15 is 0 Å². The lowest BCUT2D eigenvalue weighted by Gasteiger charge is -2.35. The predicted octanol–water partition coefficient (Wildman–Crippen LogP) is 2.63. The average Bonchev–Trinajstić information content (AvgIpc) is 2.49. The van der Waals surface area contributed by atoms with E-state index in [1.165, 1.54) is 0 Å². The van der Waals surface area contributed by atoms with Crippen molar-refractivity contribution < 1.29 is 9.53 Å². The van der Waals surface area contributed by atoms with E-state index in [2.05, 4.69) is 36.1 Å². The first-order valence-corrected chi connectivity index (χ1v) is 8.92. The summed E-state index contributed by atoms with van der Waals surface area (Å²) in [5.74, 6) is -0.722. The fraction of sp³-hybridized carbons (Fsp3) is 0.450. The number of aromatic nitrogens is 2. The molecular formula is C20H25N3O4. The summed E-state index contributed by atoms with van der Waals surface area (Å²) < 4.78 is 5.67. The number of nitrogens with one attached hydrogen (secondary N) is 3. The average molecular weight is 371 g/mol. The quantitative estimate of drug-likeness (QED) is 0.771. The zero-order chi connectivity index (χ0) is 20.0. The third-order valence-corrected chi connectivity index (χ3v) is 4.37. The van der Waals surface area contributed by atoms with Gasteiger partial charge in [0.2, 0.25) is 11.8 Å². The number of hydrogen-bond acceptors (Lipinski definition) is 4. The highest BCUT2D eigenvalue weighted by Crippen LogP contribution is 2.41. The molecule has 2 heterocycles. The number of H-pyrrole nitrogens is 2. The van der Waals surface area contributed by atoms with Crippen LogP contribution in [0.2, 0.25) is 0 Å². The van der Waals surface area contributed by atoms with Gasteiger partial charge < -0.3 is 10.1 Å². The van der Waals surface area contributed by atoms with E-state index in [4.69, 9.17) is 4.74 Å². The number of para-hydroxylation sites is 1. The molecular weight excluding hydrogens is 346 g/mol. The van der Waals surface area contributed by atoms with Gasteiger partial charge >= 0.3 is 5.69 Å². The molecule has 1 aromatic carbocycles. The van der Waals surface area contributed by atoms with E-state index in [9.17, 15) is 14.4 Å². The van der Waals surface area contributed by atoms with Crippen LogP contribution < -0.4 is 21.3 Å². The molecule has 0 saturated carbocycles. The monoisotopic (exact) mass is 371 g/mol. The van der Waals surface area contributed by atoms with E-state index in [-0.39, 0.29) is 22.8 Å². The maximum atomic E-state index is 13.3. The van der Waals surface area contributed by atoms with E-state index in [1.54, 1.807) is 24.3 Å². The minimum atomic E-state index is -0.871. The molecule has 0 saturated heterocycles. The molecule has 1 amide bonds. The summed E-state index contributed by atoms with van der Waals surface area (Å²) in [7, 11) is 0. The second-order valence-electron chi connectivity index (χ2n) is 8.83. The number of ether oxygens (including phenoxy) is 1. The van der Waals surface area contributed by atoms with Gasteiger partial charge in [-0.15, -0.1) is 0 Å². The number of fused-ring (bicyclic) bond motifs is 2. The smallest absolute Gasteiger partial charge is 0.328 e. The number of amides is 1. The molecule has 0 aliphatic carbocycles. The van der Waals surface area contributed by atoms with Gasteiger partial charge in [0.05, 0.1) is 5.56 Å². The Bertz CT molecular complexity index is 995. The number of hydrogen-bond donors (Lipinski definition) is 3. The first kappa shape index (κ1) is 18.9. The summed E-state index contributed by atoms with van der Waals surface area (Å²) in [4.78, 5) is 42.0. The molecule has 0 bridgehead atoms. The molecule has 0 fully saturated rings. The third-order valence-electron chi connectivity index (χ3n) is 4.37. The second kappa shape index (κ2) is 6.40.